The Labute approximate surface area is 200 Å². The number of carbonyl (C=O) groups excluding carboxylic acids is 3. The highest BCUT2D eigenvalue weighted by Crippen LogP contribution is 2.38. The average Bonchev–Trinajstić information content (AvgIpc) is 3.39. The summed E-state index contributed by atoms with van der Waals surface area (Å²) in [5.74, 6) is -0.412. The number of methoxy groups -OCH3 is 1. The lowest BCUT2D eigenvalue weighted by Crippen LogP contribution is -2.58. The van der Waals surface area contributed by atoms with Crippen LogP contribution in [0.25, 0.3) is 22.0 Å². The van der Waals surface area contributed by atoms with Crippen LogP contribution in [0.2, 0.25) is 0 Å². The molecule has 1 unspecified atom stereocenters. The van der Waals surface area contributed by atoms with Crippen LogP contribution in [-0.4, -0.2) is 34.8 Å². The second-order valence-electron chi connectivity index (χ2n) is 8.52. The maximum atomic E-state index is 13.4. The van der Waals surface area contributed by atoms with Crippen molar-refractivity contribution in [3.8, 4) is 16.9 Å². The van der Waals surface area contributed by atoms with Crippen molar-refractivity contribution in [3.05, 3.63) is 95.7 Å². The van der Waals surface area contributed by atoms with Crippen molar-refractivity contribution in [2.24, 2.45) is 0 Å². The van der Waals surface area contributed by atoms with Crippen LogP contribution in [0.5, 0.6) is 5.75 Å². The van der Waals surface area contributed by atoms with Gasteiger partial charge < -0.3 is 10.1 Å². The molecule has 0 saturated carbocycles. The van der Waals surface area contributed by atoms with Crippen molar-refractivity contribution in [2.75, 3.05) is 7.11 Å². The van der Waals surface area contributed by atoms with E-state index < -0.39 is 17.6 Å². The fourth-order valence-corrected chi connectivity index (χ4v) is 4.83. The van der Waals surface area contributed by atoms with Crippen LogP contribution in [0.15, 0.2) is 79.0 Å². The maximum absolute atomic E-state index is 13.4. The van der Waals surface area contributed by atoms with E-state index in [-0.39, 0.29) is 12.5 Å². The summed E-state index contributed by atoms with van der Waals surface area (Å²) in [4.78, 5) is 44.7. The summed E-state index contributed by atoms with van der Waals surface area (Å²) in [6.45, 7) is 0.172. The van der Waals surface area contributed by atoms with Crippen LogP contribution in [0.3, 0.4) is 0 Å². The SMILES string of the molecule is COc1ccc2c(c1)C(=O)N(C1(c3ccc(-c4ccc5ncccc5c4)cc3)NC(=O)NC1=O)C2. The Bertz CT molecular complexity index is 1530. The van der Waals surface area contributed by atoms with Gasteiger partial charge in [-0.15, -0.1) is 0 Å². The van der Waals surface area contributed by atoms with Gasteiger partial charge in [-0.05, 0) is 47.0 Å². The number of carbonyl (C=O) groups is 3. The minimum Gasteiger partial charge on any atom is -0.497 e. The Morgan fingerprint density at radius 2 is 1.74 bits per heavy atom. The van der Waals surface area contributed by atoms with Gasteiger partial charge in [0.25, 0.3) is 11.8 Å². The van der Waals surface area contributed by atoms with Gasteiger partial charge in [-0.2, -0.15) is 0 Å². The molecular weight excluding hydrogens is 444 g/mol. The zero-order valence-corrected chi connectivity index (χ0v) is 18.7. The number of amides is 4. The third-order valence-electron chi connectivity index (χ3n) is 6.62. The molecule has 2 aliphatic rings. The second kappa shape index (κ2) is 7.66. The molecule has 6 rings (SSSR count). The number of fused-ring (bicyclic) bond motifs is 2. The van der Waals surface area contributed by atoms with Crippen molar-refractivity contribution in [2.45, 2.75) is 12.2 Å². The van der Waals surface area contributed by atoms with E-state index >= 15 is 0 Å². The number of ether oxygens (including phenoxy) is 1. The van der Waals surface area contributed by atoms with Gasteiger partial charge in [0.2, 0.25) is 5.66 Å². The number of rotatable bonds is 4. The Kier molecular flexibility index (Phi) is 4.57. The van der Waals surface area contributed by atoms with Crippen LogP contribution >= 0.6 is 0 Å². The van der Waals surface area contributed by atoms with E-state index in [0.717, 1.165) is 27.6 Å². The van der Waals surface area contributed by atoms with Crippen LogP contribution in [-0.2, 0) is 17.0 Å². The fourth-order valence-electron chi connectivity index (χ4n) is 4.83. The number of aromatic nitrogens is 1. The topological polar surface area (TPSA) is 101 Å². The zero-order valence-electron chi connectivity index (χ0n) is 18.7. The average molecular weight is 464 g/mol. The smallest absolute Gasteiger partial charge is 0.324 e. The van der Waals surface area contributed by atoms with E-state index in [4.69, 9.17) is 4.74 Å². The van der Waals surface area contributed by atoms with Crippen LogP contribution in [0.1, 0.15) is 21.5 Å². The first-order valence-electron chi connectivity index (χ1n) is 11.1. The molecule has 1 aromatic heterocycles. The first-order valence-corrected chi connectivity index (χ1v) is 11.1. The first kappa shape index (κ1) is 20.9. The highest BCUT2D eigenvalue weighted by molar-refractivity contribution is 6.11. The van der Waals surface area contributed by atoms with Crippen LogP contribution in [0.4, 0.5) is 4.79 Å². The van der Waals surface area contributed by atoms with Gasteiger partial charge in [-0.25, -0.2) is 4.79 Å². The fraction of sp³-hybridized carbons (Fsp3) is 0.111. The molecule has 4 amide bonds. The number of nitrogens with one attached hydrogen (secondary N) is 2. The van der Waals surface area contributed by atoms with E-state index in [1.807, 2.05) is 42.5 Å². The van der Waals surface area contributed by atoms with E-state index in [2.05, 4.69) is 15.6 Å². The Morgan fingerprint density at radius 3 is 2.49 bits per heavy atom. The molecule has 1 fully saturated rings. The van der Waals surface area contributed by atoms with Crippen molar-refractivity contribution in [1.29, 1.82) is 0 Å². The third-order valence-corrected chi connectivity index (χ3v) is 6.62. The van der Waals surface area contributed by atoms with Gasteiger partial charge in [-0.3, -0.25) is 24.8 Å². The molecule has 1 saturated heterocycles. The minimum absolute atomic E-state index is 0.172. The van der Waals surface area contributed by atoms with Gasteiger partial charge in [-0.1, -0.05) is 42.5 Å². The molecule has 0 radical (unpaired) electrons. The number of benzene rings is 3. The number of nitrogens with zero attached hydrogens (tertiary/aromatic N) is 2. The predicted molar refractivity (Wildman–Crippen MR) is 128 cm³/mol. The first-order chi connectivity index (χ1) is 17.0. The van der Waals surface area contributed by atoms with Gasteiger partial charge in [0, 0.05) is 29.3 Å². The molecule has 3 heterocycles. The van der Waals surface area contributed by atoms with E-state index in [9.17, 15) is 14.4 Å². The standard InChI is InChI=1S/C27H20N4O4/c1-35-21-10-6-19-15-31(24(32)22(19)14-21)27(25(33)29-26(34)30-27)20-8-4-16(5-9-20)17-7-11-23-18(13-17)3-2-12-28-23/h2-14H,15H2,1H3,(H2,29,30,33,34). The van der Waals surface area contributed by atoms with E-state index in [1.54, 1.807) is 36.5 Å². The maximum Gasteiger partial charge on any atom is 0.324 e. The molecule has 4 aromatic rings. The molecule has 172 valence electrons. The summed E-state index contributed by atoms with van der Waals surface area (Å²) >= 11 is 0. The molecule has 0 aliphatic carbocycles. The Balaban J connectivity index is 1.41. The van der Waals surface area contributed by atoms with Crippen molar-refractivity contribution in [3.63, 3.8) is 0 Å². The van der Waals surface area contributed by atoms with Crippen molar-refractivity contribution in [1.82, 2.24) is 20.5 Å². The zero-order chi connectivity index (χ0) is 24.2. The summed E-state index contributed by atoms with van der Waals surface area (Å²) in [5.41, 5.74) is 2.85. The third kappa shape index (κ3) is 3.14. The predicted octanol–water partition coefficient (Wildman–Crippen LogP) is 3.56. The van der Waals surface area contributed by atoms with Crippen molar-refractivity contribution >= 4 is 28.7 Å². The molecule has 35 heavy (non-hydrogen) atoms. The van der Waals surface area contributed by atoms with Gasteiger partial charge in [0.15, 0.2) is 0 Å². The molecule has 1 atom stereocenters. The van der Waals surface area contributed by atoms with Crippen molar-refractivity contribution < 1.29 is 19.1 Å². The lowest BCUT2D eigenvalue weighted by molar-refractivity contribution is -0.130. The highest BCUT2D eigenvalue weighted by Gasteiger charge is 2.56. The van der Waals surface area contributed by atoms with Crippen LogP contribution in [0, 0.1) is 0 Å². The summed E-state index contributed by atoms with van der Waals surface area (Å²) < 4.78 is 5.25. The normalized spacial score (nSPS) is 19.0. The minimum atomic E-state index is -1.66. The van der Waals surface area contributed by atoms with Gasteiger partial charge in [0.1, 0.15) is 5.75 Å². The summed E-state index contributed by atoms with van der Waals surface area (Å²) in [7, 11) is 1.53. The van der Waals surface area contributed by atoms with Gasteiger partial charge in [0.05, 0.1) is 12.6 Å². The number of imide groups is 1. The molecular formula is C27H20N4O4. The monoisotopic (exact) mass is 464 g/mol. The molecule has 8 heteroatoms. The van der Waals surface area contributed by atoms with E-state index in [0.29, 0.717) is 16.9 Å². The molecule has 3 aromatic carbocycles. The molecule has 0 bridgehead atoms. The molecule has 0 spiro atoms. The number of pyridine rings is 1. The summed E-state index contributed by atoms with van der Waals surface area (Å²) in [5, 5.41) is 6.04. The van der Waals surface area contributed by atoms with E-state index in [1.165, 1.54) is 12.0 Å². The van der Waals surface area contributed by atoms with Crippen LogP contribution < -0.4 is 15.4 Å². The lowest BCUT2D eigenvalue weighted by Gasteiger charge is -2.36. The summed E-state index contributed by atoms with van der Waals surface area (Å²) in [6.07, 6.45) is 1.76. The second-order valence-corrected chi connectivity index (χ2v) is 8.52. The largest absolute Gasteiger partial charge is 0.497 e. The highest BCUT2D eigenvalue weighted by atomic mass is 16.5. The number of urea groups is 1. The number of hydrogen-bond donors (Lipinski definition) is 2. The Morgan fingerprint density at radius 1 is 0.943 bits per heavy atom. The quantitative estimate of drug-likeness (QED) is 0.450. The Hall–Kier alpha value is -4.72. The lowest BCUT2D eigenvalue weighted by atomic mass is 9.94. The molecule has 2 N–H and O–H groups in total. The summed E-state index contributed by atoms with van der Waals surface area (Å²) in [6, 6.07) is 21.7. The number of hydrogen-bond acceptors (Lipinski definition) is 5. The van der Waals surface area contributed by atoms with Gasteiger partial charge >= 0.3 is 6.03 Å². The molecule has 8 nitrogen and oxygen atoms in total. The molecule has 2 aliphatic heterocycles.